The highest BCUT2D eigenvalue weighted by Gasteiger charge is 2.28. The molecular formula is C28H29N3O3. The van der Waals surface area contributed by atoms with Crippen LogP contribution in [0.4, 0.5) is 0 Å². The van der Waals surface area contributed by atoms with Gasteiger partial charge in [0.15, 0.2) is 0 Å². The number of carbonyl (C=O) groups is 1. The number of piperidine rings is 1. The average molecular weight is 456 g/mol. The minimum absolute atomic E-state index is 0.100. The summed E-state index contributed by atoms with van der Waals surface area (Å²) in [5.74, 6) is 1.60. The summed E-state index contributed by atoms with van der Waals surface area (Å²) in [4.78, 5) is 31.9. The number of aromatic nitrogens is 2. The van der Waals surface area contributed by atoms with Crippen LogP contribution in [0.3, 0.4) is 0 Å². The molecule has 5 rings (SSSR count). The number of fused-ring (bicyclic) bond motifs is 1. The third-order valence-corrected chi connectivity index (χ3v) is 6.77. The van der Waals surface area contributed by atoms with Crippen LogP contribution in [0.2, 0.25) is 0 Å². The molecule has 0 atom stereocenters. The van der Waals surface area contributed by atoms with E-state index in [2.05, 4.69) is 47.7 Å². The molecule has 1 amide bonds. The van der Waals surface area contributed by atoms with Crippen LogP contribution in [0.25, 0.3) is 11.0 Å². The van der Waals surface area contributed by atoms with E-state index >= 15 is 0 Å². The van der Waals surface area contributed by atoms with Crippen LogP contribution in [0.5, 0.6) is 0 Å². The van der Waals surface area contributed by atoms with Crippen molar-refractivity contribution in [1.29, 1.82) is 0 Å². The van der Waals surface area contributed by atoms with Crippen LogP contribution in [-0.4, -0.2) is 33.4 Å². The van der Waals surface area contributed by atoms with Gasteiger partial charge in [0, 0.05) is 43.3 Å². The second-order valence-electron chi connectivity index (χ2n) is 9.36. The number of para-hydroxylation sites is 1. The minimum Gasteiger partial charge on any atom is -0.422 e. The van der Waals surface area contributed by atoms with Gasteiger partial charge < -0.3 is 13.9 Å². The number of carbonyl (C=O) groups excluding carboxylic acids is 1. The Kier molecular flexibility index (Phi) is 6.05. The number of benzene rings is 2. The molecule has 2 aromatic carbocycles. The lowest BCUT2D eigenvalue weighted by Crippen LogP contribution is -2.40. The van der Waals surface area contributed by atoms with Crippen molar-refractivity contribution in [2.24, 2.45) is 0 Å². The number of hydrogen-bond acceptors (Lipinski definition) is 4. The third kappa shape index (κ3) is 4.40. The maximum Gasteiger partial charge on any atom is 0.349 e. The fourth-order valence-corrected chi connectivity index (χ4v) is 4.74. The largest absolute Gasteiger partial charge is 0.422 e. The molecule has 2 aromatic heterocycles. The second kappa shape index (κ2) is 9.29. The Morgan fingerprint density at radius 3 is 2.56 bits per heavy atom. The Balaban J connectivity index is 1.26. The zero-order valence-corrected chi connectivity index (χ0v) is 19.6. The molecular weight excluding hydrogens is 426 g/mol. The molecule has 1 saturated heterocycles. The Morgan fingerprint density at radius 1 is 1.09 bits per heavy atom. The molecule has 1 aliphatic rings. The van der Waals surface area contributed by atoms with Crippen LogP contribution in [0.1, 0.15) is 65.8 Å². The highest BCUT2D eigenvalue weighted by Crippen LogP contribution is 2.28. The summed E-state index contributed by atoms with van der Waals surface area (Å²) >= 11 is 0. The van der Waals surface area contributed by atoms with E-state index < -0.39 is 5.63 Å². The summed E-state index contributed by atoms with van der Waals surface area (Å²) in [7, 11) is 0. The van der Waals surface area contributed by atoms with Gasteiger partial charge in [-0.05, 0) is 42.0 Å². The average Bonchev–Trinajstić information content (AvgIpc) is 3.31. The number of nitrogens with zero attached hydrogens (tertiary/aromatic N) is 3. The Bertz CT molecular complexity index is 1360. The monoisotopic (exact) mass is 455 g/mol. The zero-order valence-electron chi connectivity index (χ0n) is 19.6. The zero-order chi connectivity index (χ0) is 23.7. The van der Waals surface area contributed by atoms with Gasteiger partial charge in [0.05, 0.1) is 0 Å². The predicted octanol–water partition coefficient (Wildman–Crippen LogP) is 5.18. The van der Waals surface area contributed by atoms with E-state index in [9.17, 15) is 9.59 Å². The molecule has 0 saturated carbocycles. The maximum atomic E-state index is 13.1. The van der Waals surface area contributed by atoms with E-state index in [-0.39, 0.29) is 17.4 Å². The lowest BCUT2D eigenvalue weighted by molar-refractivity contribution is 0.0706. The quantitative estimate of drug-likeness (QED) is 0.389. The van der Waals surface area contributed by atoms with Crippen molar-refractivity contribution in [2.45, 2.75) is 45.1 Å². The van der Waals surface area contributed by atoms with Crippen molar-refractivity contribution in [1.82, 2.24) is 14.5 Å². The number of imidazole rings is 1. The fraction of sp³-hybridized carbons (Fsp3) is 0.321. The van der Waals surface area contributed by atoms with Crippen LogP contribution in [-0.2, 0) is 6.54 Å². The molecule has 0 radical (unpaired) electrons. The number of amides is 1. The van der Waals surface area contributed by atoms with Gasteiger partial charge in [-0.2, -0.15) is 0 Å². The SMILES string of the molecule is CC(C)c1ccc(Cn2ccnc2C2CCN(C(=O)c3cc4ccccc4oc3=O)CC2)cc1. The van der Waals surface area contributed by atoms with Crippen LogP contribution in [0.15, 0.2) is 76.2 Å². The van der Waals surface area contributed by atoms with Gasteiger partial charge in [-0.1, -0.05) is 56.3 Å². The molecule has 0 aliphatic carbocycles. The number of likely N-dealkylation sites (tertiary alicyclic amines) is 1. The van der Waals surface area contributed by atoms with Crippen molar-refractivity contribution in [3.8, 4) is 0 Å². The van der Waals surface area contributed by atoms with Crippen molar-refractivity contribution in [3.05, 3.63) is 99.9 Å². The molecule has 0 N–H and O–H groups in total. The van der Waals surface area contributed by atoms with Gasteiger partial charge in [0.2, 0.25) is 0 Å². The lowest BCUT2D eigenvalue weighted by Gasteiger charge is -2.31. The Labute approximate surface area is 198 Å². The third-order valence-electron chi connectivity index (χ3n) is 6.77. The molecule has 6 nitrogen and oxygen atoms in total. The molecule has 0 spiro atoms. The van der Waals surface area contributed by atoms with Gasteiger partial charge in [-0.25, -0.2) is 9.78 Å². The Morgan fingerprint density at radius 2 is 1.82 bits per heavy atom. The van der Waals surface area contributed by atoms with Gasteiger partial charge in [-0.15, -0.1) is 0 Å². The summed E-state index contributed by atoms with van der Waals surface area (Å²) < 4.78 is 7.57. The smallest absolute Gasteiger partial charge is 0.349 e. The second-order valence-corrected chi connectivity index (χ2v) is 9.36. The van der Waals surface area contributed by atoms with E-state index in [1.54, 1.807) is 17.0 Å². The first-order valence-electron chi connectivity index (χ1n) is 11.9. The summed E-state index contributed by atoms with van der Waals surface area (Å²) in [5.41, 5.74) is 2.60. The standard InChI is InChI=1S/C28H29N3O3/c1-19(2)21-9-7-20(8-10-21)18-31-16-13-29-26(31)22-11-14-30(15-12-22)27(32)24-17-23-5-3-4-6-25(23)34-28(24)33/h3-10,13,16-17,19,22H,11-12,14-15,18H2,1-2H3. The fourth-order valence-electron chi connectivity index (χ4n) is 4.74. The topological polar surface area (TPSA) is 68.3 Å². The first-order valence-corrected chi connectivity index (χ1v) is 11.9. The van der Waals surface area contributed by atoms with Gasteiger partial charge >= 0.3 is 5.63 Å². The maximum absolute atomic E-state index is 13.1. The summed E-state index contributed by atoms with van der Waals surface area (Å²) in [6.45, 7) is 6.36. The molecule has 0 unspecified atom stereocenters. The van der Waals surface area contributed by atoms with Gasteiger partial charge in [0.25, 0.3) is 5.91 Å². The molecule has 4 aromatic rings. The lowest BCUT2D eigenvalue weighted by atomic mass is 9.95. The molecule has 6 heteroatoms. The van der Waals surface area contributed by atoms with Gasteiger partial charge in [-0.3, -0.25) is 4.79 Å². The number of rotatable bonds is 5. The molecule has 3 heterocycles. The van der Waals surface area contributed by atoms with E-state index in [0.717, 1.165) is 30.6 Å². The van der Waals surface area contributed by atoms with E-state index in [1.165, 1.54) is 11.1 Å². The first-order chi connectivity index (χ1) is 16.5. The highest BCUT2D eigenvalue weighted by molar-refractivity contribution is 5.96. The predicted molar refractivity (Wildman–Crippen MR) is 132 cm³/mol. The molecule has 0 bridgehead atoms. The summed E-state index contributed by atoms with van der Waals surface area (Å²) in [5, 5.41) is 0.754. The van der Waals surface area contributed by atoms with E-state index in [0.29, 0.717) is 24.6 Å². The first kappa shape index (κ1) is 22.1. The van der Waals surface area contributed by atoms with Crippen molar-refractivity contribution >= 4 is 16.9 Å². The summed E-state index contributed by atoms with van der Waals surface area (Å²) in [6, 6.07) is 17.7. The molecule has 174 valence electrons. The minimum atomic E-state index is -0.579. The van der Waals surface area contributed by atoms with Crippen molar-refractivity contribution in [3.63, 3.8) is 0 Å². The summed E-state index contributed by atoms with van der Waals surface area (Å²) in [6.07, 6.45) is 5.51. The molecule has 34 heavy (non-hydrogen) atoms. The van der Waals surface area contributed by atoms with Crippen LogP contribution in [0, 0.1) is 0 Å². The van der Waals surface area contributed by atoms with Crippen molar-refractivity contribution < 1.29 is 9.21 Å². The van der Waals surface area contributed by atoms with Crippen LogP contribution >= 0.6 is 0 Å². The van der Waals surface area contributed by atoms with Crippen LogP contribution < -0.4 is 5.63 Å². The molecule has 1 fully saturated rings. The normalized spacial score (nSPS) is 14.7. The molecule has 1 aliphatic heterocycles. The van der Waals surface area contributed by atoms with E-state index in [4.69, 9.17) is 4.42 Å². The van der Waals surface area contributed by atoms with E-state index in [1.807, 2.05) is 30.6 Å². The highest BCUT2D eigenvalue weighted by atomic mass is 16.4. The van der Waals surface area contributed by atoms with Crippen molar-refractivity contribution in [2.75, 3.05) is 13.1 Å². The number of hydrogen-bond donors (Lipinski definition) is 0. The van der Waals surface area contributed by atoms with Gasteiger partial charge in [0.1, 0.15) is 17.0 Å². The Hall–Kier alpha value is -3.67.